The number of aryl methyl sites for hydroxylation is 2. The summed E-state index contributed by atoms with van der Waals surface area (Å²) in [6.07, 6.45) is 3.50. The highest BCUT2D eigenvalue weighted by Crippen LogP contribution is 2.22. The van der Waals surface area contributed by atoms with Gasteiger partial charge in [-0.3, -0.25) is 0 Å². The van der Waals surface area contributed by atoms with Crippen molar-refractivity contribution in [2.45, 2.75) is 26.9 Å². The van der Waals surface area contributed by atoms with Crippen molar-refractivity contribution in [1.29, 1.82) is 0 Å². The van der Waals surface area contributed by atoms with Crippen LogP contribution in [0.4, 0.5) is 14.5 Å². The Hall–Kier alpha value is -1.91. The lowest BCUT2D eigenvalue weighted by Crippen LogP contribution is -2.10. The number of benzene rings is 1. The highest BCUT2D eigenvalue weighted by Gasteiger charge is 2.11. The van der Waals surface area contributed by atoms with Crippen molar-refractivity contribution in [2.75, 3.05) is 5.32 Å². The molecule has 0 saturated carbocycles. The van der Waals surface area contributed by atoms with Crippen molar-refractivity contribution in [3.63, 3.8) is 0 Å². The van der Waals surface area contributed by atoms with Crippen LogP contribution in [0.15, 0.2) is 24.5 Å². The molecule has 1 aromatic carbocycles. The summed E-state index contributed by atoms with van der Waals surface area (Å²) in [7, 11) is 0. The van der Waals surface area contributed by atoms with Gasteiger partial charge in [-0.25, -0.2) is 13.8 Å². The number of halogens is 2. The molecule has 0 aliphatic carbocycles. The maximum atomic E-state index is 13.7. The van der Waals surface area contributed by atoms with Crippen molar-refractivity contribution in [3.05, 3.63) is 47.5 Å². The summed E-state index contributed by atoms with van der Waals surface area (Å²) in [5.74, 6) is -0.393. The minimum atomic E-state index is -0.590. The van der Waals surface area contributed by atoms with E-state index >= 15 is 0 Å². The Balaban J connectivity index is 2.18. The van der Waals surface area contributed by atoms with Gasteiger partial charge in [0.15, 0.2) is 5.82 Å². The van der Waals surface area contributed by atoms with Gasteiger partial charge in [0.25, 0.3) is 0 Å². The minimum absolute atomic E-state index is 0.0966. The number of rotatable bonds is 4. The average molecular weight is 251 g/mol. The molecule has 1 heterocycles. The van der Waals surface area contributed by atoms with Crippen LogP contribution in [0.5, 0.6) is 0 Å². The van der Waals surface area contributed by atoms with Gasteiger partial charge in [-0.15, -0.1) is 0 Å². The van der Waals surface area contributed by atoms with Crippen LogP contribution < -0.4 is 5.32 Å². The second kappa shape index (κ2) is 5.16. The molecule has 0 unspecified atom stereocenters. The predicted octanol–water partition coefficient (Wildman–Crippen LogP) is 3.10. The van der Waals surface area contributed by atoms with Gasteiger partial charge in [-0.05, 0) is 25.5 Å². The zero-order chi connectivity index (χ0) is 13.1. The van der Waals surface area contributed by atoms with E-state index in [0.717, 1.165) is 12.4 Å². The topological polar surface area (TPSA) is 29.9 Å². The van der Waals surface area contributed by atoms with Crippen molar-refractivity contribution in [2.24, 2.45) is 0 Å². The molecule has 2 rings (SSSR count). The molecule has 0 atom stereocenters. The molecule has 1 N–H and O–H groups in total. The van der Waals surface area contributed by atoms with Crippen LogP contribution in [0.25, 0.3) is 0 Å². The Morgan fingerprint density at radius 3 is 2.83 bits per heavy atom. The maximum absolute atomic E-state index is 13.7. The number of hydrogen-bond acceptors (Lipinski definition) is 2. The monoisotopic (exact) mass is 251 g/mol. The normalized spacial score (nSPS) is 10.7. The van der Waals surface area contributed by atoms with Crippen LogP contribution in [0.3, 0.4) is 0 Å². The van der Waals surface area contributed by atoms with E-state index in [9.17, 15) is 8.78 Å². The molecule has 96 valence electrons. The number of aromatic nitrogens is 2. The summed E-state index contributed by atoms with van der Waals surface area (Å²) in [6, 6.07) is 2.68. The molecule has 2 aromatic rings. The first kappa shape index (κ1) is 12.5. The van der Waals surface area contributed by atoms with Gasteiger partial charge in [-0.1, -0.05) is 6.07 Å². The van der Waals surface area contributed by atoms with Crippen LogP contribution in [0.1, 0.15) is 18.3 Å². The minimum Gasteiger partial charge on any atom is -0.373 e. The molecule has 0 spiro atoms. The van der Waals surface area contributed by atoms with Gasteiger partial charge < -0.3 is 9.88 Å². The largest absolute Gasteiger partial charge is 0.373 e. The summed E-state index contributed by atoms with van der Waals surface area (Å²) >= 11 is 0. The fourth-order valence-electron chi connectivity index (χ4n) is 1.78. The highest BCUT2D eigenvalue weighted by molar-refractivity contribution is 5.48. The Morgan fingerprint density at radius 1 is 1.33 bits per heavy atom. The molecule has 0 aliphatic heterocycles. The maximum Gasteiger partial charge on any atom is 0.152 e. The second-order valence-corrected chi connectivity index (χ2v) is 4.04. The Morgan fingerprint density at radius 2 is 2.11 bits per heavy atom. The zero-order valence-corrected chi connectivity index (χ0v) is 10.4. The van der Waals surface area contributed by atoms with Gasteiger partial charge in [0, 0.05) is 18.9 Å². The van der Waals surface area contributed by atoms with Crippen LogP contribution in [0.2, 0.25) is 0 Å². The zero-order valence-electron chi connectivity index (χ0n) is 10.4. The van der Waals surface area contributed by atoms with Crippen LogP contribution >= 0.6 is 0 Å². The van der Waals surface area contributed by atoms with Gasteiger partial charge in [0.1, 0.15) is 17.3 Å². The van der Waals surface area contributed by atoms with E-state index in [1.54, 1.807) is 13.1 Å². The smallest absolute Gasteiger partial charge is 0.152 e. The summed E-state index contributed by atoms with van der Waals surface area (Å²) in [5.41, 5.74) is 0.318. The summed E-state index contributed by atoms with van der Waals surface area (Å²) in [6.45, 7) is 4.65. The molecule has 1 aromatic heterocycles. The van der Waals surface area contributed by atoms with E-state index in [2.05, 4.69) is 10.3 Å². The van der Waals surface area contributed by atoms with Gasteiger partial charge in [0.05, 0.1) is 6.54 Å². The molecule has 0 fully saturated rings. The standard InChI is InChI=1S/C13H15F2N3/c1-3-18-7-6-16-11(18)8-17-13-10(14)5-4-9(2)12(13)15/h4-7,17H,3,8H2,1-2H3. The quantitative estimate of drug-likeness (QED) is 0.904. The van der Waals surface area contributed by atoms with Gasteiger partial charge in [-0.2, -0.15) is 0 Å². The fraction of sp³-hybridized carbons (Fsp3) is 0.308. The molecular weight excluding hydrogens is 236 g/mol. The third kappa shape index (κ3) is 2.34. The fourth-order valence-corrected chi connectivity index (χ4v) is 1.78. The molecule has 18 heavy (non-hydrogen) atoms. The molecule has 0 bridgehead atoms. The van der Waals surface area contributed by atoms with E-state index in [4.69, 9.17) is 0 Å². The van der Waals surface area contributed by atoms with Gasteiger partial charge in [0.2, 0.25) is 0 Å². The summed E-state index contributed by atoms with van der Waals surface area (Å²) < 4.78 is 29.2. The van der Waals surface area contributed by atoms with Crippen molar-refractivity contribution >= 4 is 5.69 Å². The van der Waals surface area contributed by atoms with E-state index in [1.807, 2.05) is 17.7 Å². The van der Waals surface area contributed by atoms with Crippen LogP contribution in [-0.2, 0) is 13.1 Å². The number of hydrogen-bond donors (Lipinski definition) is 1. The number of anilines is 1. The first-order chi connectivity index (χ1) is 8.63. The SMILES string of the molecule is CCn1ccnc1CNc1c(F)ccc(C)c1F. The number of nitrogens with one attached hydrogen (secondary N) is 1. The second-order valence-electron chi connectivity index (χ2n) is 4.04. The van der Waals surface area contributed by atoms with E-state index in [0.29, 0.717) is 5.56 Å². The third-order valence-corrected chi connectivity index (χ3v) is 2.85. The lowest BCUT2D eigenvalue weighted by Gasteiger charge is -2.11. The third-order valence-electron chi connectivity index (χ3n) is 2.85. The van der Waals surface area contributed by atoms with Crippen molar-refractivity contribution in [1.82, 2.24) is 9.55 Å². The molecule has 0 radical (unpaired) electrons. The average Bonchev–Trinajstić information content (AvgIpc) is 2.81. The molecule has 0 saturated heterocycles. The molecule has 5 heteroatoms. The highest BCUT2D eigenvalue weighted by atomic mass is 19.1. The van der Waals surface area contributed by atoms with E-state index < -0.39 is 11.6 Å². The first-order valence-corrected chi connectivity index (χ1v) is 5.82. The molecule has 0 amide bonds. The first-order valence-electron chi connectivity index (χ1n) is 5.82. The Labute approximate surface area is 104 Å². The van der Waals surface area contributed by atoms with E-state index in [-0.39, 0.29) is 12.2 Å². The van der Waals surface area contributed by atoms with Crippen molar-refractivity contribution in [3.8, 4) is 0 Å². The molecule has 3 nitrogen and oxygen atoms in total. The molecule has 0 aliphatic rings. The lowest BCUT2D eigenvalue weighted by atomic mass is 10.2. The van der Waals surface area contributed by atoms with Gasteiger partial charge >= 0.3 is 0 Å². The van der Waals surface area contributed by atoms with Crippen LogP contribution in [-0.4, -0.2) is 9.55 Å². The van der Waals surface area contributed by atoms with E-state index in [1.165, 1.54) is 12.1 Å². The Bertz CT molecular complexity index is 549. The van der Waals surface area contributed by atoms with Crippen LogP contribution in [0, 0.1) is 18.6 Å². The number of nitrogens with zero attached hydrogens (tertiary/aromatic N) is 2. The Kier molecular flexibility index (Phi) is 3.60. The predicted molar refractivity (Wildman–Crippen MR) is 66.3 cm³/mol. The summed E-state index contributed by atoms with van der Waals surface area (Å²) in [5, 5.41) is 2.77. The van der Waals surface area contributed by atoms with Crippen molar-refractivity contribution < 1.29 is 8.78 Å². The summed E-state index contributed by atoms with van der Waals surface area (Å²) in [4.78, 5) is 4.14. The number of imidazole rings is 1. The lowest BCUT2D eigenvalue weighted by molar-refractivity contribution is 0.581. The molecular formula is C13H15F2N3.